The van der Waals surface area contributed by atoms with Crippen LogP contribution >= 0.6 is 11.8 Å². The molecule has 1 aromatic carbocycles. The summed E-state index contributed by atoms with van der Waals surface area (Å²) in [6, 6.07) is 7.63. The summed E-state index contributed by atoms with van der Waals surface area (Å²) in [4.78, 5) is 11.6. The summed E-state index contributed by atoms with van der Waals surface area (Å²) in [5.41, 5.74) is 0.834. The zero-order valence-electron chi connectivity index (χ0n) is 8.98. The quantitative estimate of drug-likeness (QED) is 0.467. The van der Waals surface area contributed by atoms with Gasteiger partial charge in [0.25, 0.3) is 0 Å². The highest BCUT2D eigenvalue weighted by Crippen LogP contribution is 2.19. The highest BCUT2D eigenvalue weighted by molar-refractivity contribution is 7.99. The lowest BCUT2D eigenvalue weighted by Gasteiger charge is -2.01. The van der Waals surface area contributed by atoms with Crippen LogP contribution in [0.3, 0.4) is 0 Å². The van der Waals surface area contributed by atoms with Gasteiger partial charge in [0.1, 0.15) is 0 Å². The Kier molecular flexibility index (Phi) is 5.52. The van der Waals surface area contributed by atoms with Gasteiger partial charge in [0.15, 0.2) is 0 Å². The summed E-state index contributed by atoms with van der Waals surface area (Å²) in [6.07, 6.45) is 7.07. The van der Waals surface area contributed by atoms with Crippen LogP contribution in [-0.4, -0.2) is 16.8 Å². The molecule has 0 saturated heterocycles. The van der Waals surface area contributed by atoms with Crippen molar-refractivity contribution in [3.8, 4) is 12.3 Å². The number of carboxylic acid groups (broad SMARTS) is 1. The van der Waals surface area contributed by atoms with Crippen LogP contribution in [0.1, 0.15) is 18.4 Å². The first kappa shape index (κ1) is 12.7. The van der Waals surface area contributed by atoms with Gasteiger partial charge in [0.05, 0.1) is 6.42 Å². The first-order valence-electron chi connectivity index (χ1n) is 5.09. The molecule has 3 heteroatoms. The van der Waals surface area contributed by atoms with E-state index in [-0.39, 0.29) is 6.42 Å². The Morgan fingerprint density at radius 3 is 2.62 bits per heavy atom. The highest BCUT2D eigenvalue weighted by atomic mass is 32.2. The van der Waals surface area contributed by atoms with Crippen molar-refractivity contribution in [3.63, 3.8) is 0 Å². The van der Waals surface area contributed by atoms with Crippen molar-refractivity contribution in [3.05, 3.63) is 29.8 Å². The molecule has 0 aliphatic carbocycles. The fraction of sp³-hybridized carbons (Fsp3) is 0.308. The lowest BCUT2D eigenvalue weighted by Crippen LogP contribution is -1.99. The molecule has 0 bridgehead atoms. The van der Waals surface area contributed by atoms with Crippen LogP contribution in [0, 0.1) is 12.3 Å². The van der Waals surface area contributed by atoms with E-state index >= 15 is 0 Å². The Bertz CT molecular complexity index is 376. The van der Waals surface area contributed by atoms with Gasteiger partial charge in [0.2, 0.25) is 0 Å². The molecule has 0 aliphatic heterocycles. The molecule has 0 amide bonds. The summed E-state index contributed by atoms with van der Waals surface area (Å²) in [5, 5.41) is 8.61. The summed E-state index contributed by atoms with van der Waals surface area (Å²) in [5.74, 6) is 2.81. The number of hydrogen-bond acceptors (Lipinski definition) is 2. The van der Waals surface area contributed by atoms with Gasteiger partial charge in [0, 0.05) is 11.3 Å². The van der Waals surface area contributed by atoms with E-state index in [1.165, 1.54) is 0 Å². The second kappa shape index (κ2) is 6.97. The van der Waals surface area contributed by atoms with Crippen molar-refractivity contribution >= 4 is 17.7 Å². The lowest BCUT2D eigenvalue weighted by molar-refractivity contribution is -0.136. The summed E-state index contributed by atoms with van der Waals surface area (Å²) >= 11 is 1.74. The minimum absolute atomic E-state index is 0.0854. The van der Waals surface area contributed by atoms with Crippen LogP contribution in [-0.2, 0) is 11.2 Å². The third kappa shape index (κ3) is 4.90. The number of thioether (sulfide) groups is 1. The molecule has 0 radical (unpaired) electrons. The number of carboxylic acids is 1. The van der Waals surface area contributed by atoms with Crippen molar-refractivity contribution in [2.75, 3.05) is 5.75 Å². The molecule has 84 valence electrons. The van der Waals surface area contributed by atoms with Gasteiger partial charge >= 0.3 is 5.97 Å². The zero-order valence-corrected chi connectivity index (χ0v) is 9.80. The molecular formula is C13H14O2S. The molecule has 1 aromatic rings. The van der Waals surface area contributed by atoms with Gasteiger partial charge in [-0.3, -0.25) is 4.79 Å². The average Bonchev–Trinajstić information content (AvgIpc) is 2.26. The number of rotatable bonds is 6. The molecule has 16 heavy (non-hydrogen) atoms. The molecule has 0 aliphatic rings. The molecule has 0 heterocycles. The molecule has 0 fully saturated rings. The number of aliphatic carboxylic acids is 1. The third-order valence-electron chi connectivity index (χ3n) is 2.01. The van der Waals surface area contributed by atoms with Crippen LogP contribution in [0.4, 0.5) is 0 Å². The van der Waals surface area contributed by atoms with Gasteiger partial charge in [-0.1, -0.05) is 12.1 Å². The predicted molar refractivity (Wildman–Crippen MR) is 66.6 cm³/mol. The van der Waals surface area contributed by atoms with Crippen LogP contribution in [0.25, 0.3) is 0 Å². The smallest absolute Gasteiger partial charge is 0.307 e. The van der Waals surface area contributed by atoms with E-state index in [2.05, 4.69) is 5.92 Å². The van der Waals surface area contributed by atoms with Crippen molar-refractivity contribution in [2.24, 2.45) is 0 Å². The molecule has 0 spiro atoms. The Balaban J connectivity index is 2.39. The topological polar surface area (TPSA) is 37.3 Å². The summed E-state index contributed by atoms with van der Waals surface area (Å²) in [6.45, 7) is 0. The maximum Gasteiger partial charge on any atom is 0.307 e. The number of hydrogen-bond donors (Lipinski definition) is 1. The van der Waals surface area contributed by atoms with E-state index in [1.54, 1.807) is 11.8 Å². The zero-order chi connectivity index (χ0) is 11.8. The van der Waals surface area contributed by atoms with Gasteiger partial charge in [-0.15, -0.1) is 24.1 Å². The molecular weight excluding hydrogens is 220 g/mol. The molecule has 0 unspecified atom stereocenters. The van der Waals surface area contributed by atoms with E-state index in [0.29, 0.717) is 0 Å². The fourth-order valence-electron chi connectivity index (χ4n) is 1.24. The Labute approximate surface area is 100 Å². The van der Waals surface area contributed by atoms with Crippen LogP contribution in [0.2, 0.25) is 0 Å². The molecule has 2 nitrogen and oxygen atoms in total. The molecule has 1 N–H and O–H groups in total. The number of benzene rings is 1. The van der Waals surface area contributed by atoms with Gasteiger partial charge < -0.3 is 5.11 Å². The predicted octanol–water partition coefficient (Wildman–Crippen LogP) is 2.82. The number of carbonyl (C=O) groups is 1. The van der Waals surface area contributed by atoms with E-state index in [1.807, 2.05) is 24.3 Å². The maximum absolute atomic E-state index is 10.5. The minimum Gasteiger partial charge on any atom is -0.481 e. The maximum atomic E-state index is 10.5. The largest absolute Gasteiger partial charge is 0.481 e. The first-order valence-corrected chi connectivity index (χ1v) is 6.08. The molecule has 1 rings (SSSR count). The minimum atomic E-state index is -0.797. The van der Waals surface area contributed by atoms with Crippen molar-refractivity contribution in [1.82, 2.24) is 0 Å². The van der Waals surface area contributed by atoms with Crippen molar-refractivity contribution < 1.29 is 9.90 Å². The monoisotopic (exact) mass is 234 g/mol. The van der Waals surface area contributed by atoms with Crippen LogP contribution in [0.15, 0.2) is 29.2 Å². The number of terminal acetylenes is 1. The molecule has 0 saturated carbocycles. The summed E-state index contributed by atoms with van der Waals surface area (Å²) < 4.78 is 0. The molecule has 0 aromatic heterocycles. The first-order chi connectivity index (χ1) is 7.72. The van der Waals surface area contributed by atoms with E-state index in [4.69, 9.17) is 11.5 Å². The van der Waals surface area contributed by atoms with E-state index in [0.717, 1.165) is 29.1 Å². The second-order valence-electron chi connectivity index (χ2n) is 3.37. The molecule has 0 atom stereocenters. The van der Waals surface area contributed by atoms with E-state index in [9.17, 15) is 4.79 Å². The summed E-state index contributed by atoms with van der Waals surface area (Å²) in [7, 11) is 0. The van der Waals surface area contributed by atoms with Crippen LogP contribution < -0.4 is 0 Å². The highest BCUT2D eigenvalue weighted by Gasteiger charge is 2.00. The Morgan fingerprint density at radius 1 is 1.38 bits per heavy atom. The normalized spacial score (nSPS) is 9.69. The standard InChI is InChI=1S/C13H14O2S/c1-2-3-4-9-16-12-7-5-11(6-8-12)10-13(14)15/h1,5-8H,3-4,9-10H2,(H,14,15). The third-order valence-corrected chi connectivity index (χ3v) is 3.11. The van der Waals surface area contributed by atoms with Crippen molar-refractivity contribution in [1.29, 1.82) is 0 Å². The lowest BCUT2D eigenvalue weighted by atomic mass is 10.2. The van der Waals surface area contributed by atoms with E-state index < -0.39 is 5.97 Å². The Hall–Kier alpha value is -1.40. The fourth-order valence-corrected chi connectivity index (χ4v) is 2.10. The Morgan fingerprint density at radius 2 is 2.06 bits per heavy atom. The second-order valence-corrected chi connectivity index (χ2v) is 4.54. The van der Waals surface area contributed by atoms with Gasteiger partial charge in [-0.25, -0.2) is 0 Å². The van der Waals surface area contributed by atoms with Gasteiger partial charge in [-0.2, -0.15) is 0 Å². The van der Waals surface area contributed by atoms with Gasteiger partial charge in [-0.05, 0) is 29.9 Å². The van der Waals surface area contributed by atoms with Crippen LogP contribution in [0.5, 0.6) is 0 Å². The SMILES string of the molecule is C#CCCCSc1ccc(CC(=O)O)cc1. The number of unbranched alkanes of at least 4 members (excludes halogenated alkanes) is 1. The van der Waals surface area contributed by atoms with Crippen molar-refractivity contribution in [2.45, 2.75) is 24.2 Å². The average molecular weight is 234 g/mol.